The summed E-state index contributed by atoms with van der Waals surface area (Å²) in [6.45, 7) is 0. The molecule has 0 bridgehead atoms. The SMILES string of the molecule is COC1CC(NC(=O)c2cc(F)c(F)cc2[N+](=O)[O-])C1. The molecule has 0 radical (unpaired) electrons. The lowest BCUT2D eigenvalue weighted by Crippen LogP contribution is -2.47. The molecule has 1 amide bonds. The molecule has 1 aromatic carbocycles. The molecule has 108 valence electrons. The van der Waals surface area contributed by atoms with Crippen LogP contribution in [0.3, 0.4) is 0 Å². The number of nitro groups is 1. The largest absolute Gasteiger partial charge is 0.381 e. The molecule has 6 nitrogen and oxygen atoms in total. The third kappa shape index (κ3) is 2.74. The van der Waals surface area contributed by atoms with Crippen LogP contribution in [0.1, 0.15) is 23.2 Å². The highest BCUT2D eigenvalue weighted by Gasteiger charge is 2.32. The summed E-state index contributed by atoms with van der Waals surface area (Å²) in [6.07, 6.45) is 1.21. The number of carbonyl (C=O) groups is 1. The average Bonchev–Trinajstić information content (AvgIpc) is 2.35. The van der Waals surface area contributed by atoms with Crippen LogP contribution in [0.5, 0.6) is 0 Å². The van der Waals surface area contributed by atoms with Crippen LogP contribution in [0.2, 0.25) is 0 Å². The highest BCUT2D eigenvalue weighted by atomic mass is 19.2. The minimum atomic E-state index is -1.36. The Labute approximate surface area is 112 Å². The van der Waals surface area contributed by atoms with Crippen LogP contribution in [-0.4, -0.2) is 30.1 Å². The van der Waals surface area contributed by atoms with Gasteiger partial charge in [0.2, 0.25) is 0 Å². The van der Waals surface area contributed by atoms with E-state index in [1.165, 1.54) is 0 Å². The van der Waals surface area contributed by atoms with E-state index in [9.17, 15) is 23.7 Å². The van der Waals surface area contributed by atoms with Crippen LogP contribution in [0.25, 0.3) is 0 Å². The van der Waals surface area contributed by atoms with Crippen LogP contribution >= 0.6 is 0 Å². The summed E-state index contributed by atoms with van der Waals surface area (Å²) in [5.74, 6) is -3.46. The Morgan fingerprint density at radius 2 is 2.00 bits per heavy atom. The van der Waals surface area contributed by atoms with E-state index >= 15 is 0 Å². The number of rotatable bonds is 4. The number of methoxy groups -OCH3 is 1. The second kappa shape index (κ2) is 5.49. The summed E-state index contributed by atoms with van der Waals surface area (Å²) in [5.41, 5.74) is -1.25. The fraction of sp³-hybridized carbons (Fsp3) is 0.417. The molecule has 1 saturated carbocycles. The quantitative estimate of drug-likeness (QED) is 0.675. The molecule has 0 aliphatic heterocycles. The third-order valence-corrected chi connectivity index (χ3v) is 3.24. The van der Waals surface area contributed by atoms with E-state index in [0.717, 1.165) is 0 Å². The summed E-state index contributed by atoms with van der Waals surface area (Å²) in [4.78, 5) is 21.7. The Morgan fingerprint density at radius 1 is 1.40 bits per heavy atom. The smallest absolute Gasteiger partial charge is 0.285 e. The van der Waals surface area contributed by atoms with Crippen molar-refractivity contribution < 1.29 is 23.2 Å². The Bertz CT molecular complexity index is 559. The molecule has 1 aliphatic rings. The van der Waals surface area contributed by atoms with E-state index < -0.39 is 33.7 Å². The monoisotopic (exact) mass is 286 g/mol. The highest BCUT2D eigenvalue weighted by Crippen LogP contribution is 2.25. The Balaban J connectivity index is 2.17. The summed E-state index contributed by atoms with van der Waals surface area (Å²) in [7, 11) is 1.54. The molecular weight excluding hydrogens is 274 g/mol. The van der Waals surface area contributed by atoms with Crippen molar-refractivity contribution in [1.82, 2.24) is 5.32 Å². The van der Waals surface area contributed by atoms with Gasteiger partial charge < -0.3 is 10.1 Å². The summed E-state index contributed by atoms with van der Waals surface area (Å²) in [6, 6.07) is 0.762. The first-order valence-electron chi connectivity index (χ1n) is 5.89. The first-order valence-corrected chi connectivity index (χ1v) is 5.89. The average molecular weight is 286 g/mol. The minimum Gasteiger partial charge on any atom is -0.381 e. The van der Waals surface area contributed by atoms with Gasteiger partial charge in [-0.05, 0) is 18.9 Å². The van der Waals surface area contributed by atoms with Crippen LogP contribution in [0.15, 0.2) is 12.1 Å². The molecule has 0 saturated heterocycles. The highest BCUT2D eigenvalue weighted by molar-refractivity contribution is 5.98. The van der Waals surface area contributed by atoms with E-state index in [0.29, 0.717) is 25.0 Å². The van der Waals surface area contributed by atoms with Gasteiger partial charge in [0.05, 0.1) is 17.1 Å². The first kappa shape index (κ1) is 14.3. The topological polar surface area (TPSA) is 81.5 Å². The molecule has 0 atom stereocenters. The van der Waals surface area contributed by atoms with Gasteiger partial charge in [0.15, 0.2) is 11.6 Å². The van der Waals surface area contributed by atoms with Gasteiger partial charge in [0.25, 0.3) is 11.6 Å². The fourth-order valence-electron chi connectivity index (χ4n) is 2.01. The van der Waals surface area contributed by atoms with E-state index in [-0.39, 0.29) is 12.1 Å². The molecule has 1 fully saturated rings. The normalized spacial score (nSPS) is 21.1. The second-order valence-electron chi connectivity index (χ2n) is 4.54. The van der Waals surface area contributed by atoms with Gasteiger partial charge in [-0.3, -0.25) is 14.9 Å². The van der Waals surface area contributed by atoms with Crippen molar-refractivity contribution in [3.8, 4) is 0 Å². The van der Waals surface area contributed by atoms with E-state index in [1.54, 1.807) is 7.11 Å². The van der Waals surface area contributed by atoms with Gasteiger partial charge in [0, 0.05) is 13.2 Å². The molecule has 1 N–H and O–H groups in total. The number of nitrogens with zero attached hydrogens (tertiary/aromatic N) is 1. The fourth-order valence-corrected chi connectivity index (χ4v) is 2.01. The lowest BCUT2D eigenvalue weighted by Gasteiger charge is -2.34. The molecule has 0 heterocycles. The summed E-state index contributed by atoms with van der Waals surface area (Å²) < 4.78 is 31.2. The van der Waals surface area contributed by atoms with Gasteiger partial charge in [-0.2, -0.15) is 0 Å². The van der Waals surface area contributed by atoms with Crippen LogP contribution in [0.4, 0.5) is 14.5 Å². The van der Waals surface area contributed by atoms with Crippen molar-refractivity contribution in [2.45, 2.75) is 25.0 Å². The number of nitrogens with one attached hydrogen (secondary N) is 1. The number of nitro benzene ring substituents is 1. The number of carbonyl (C=O) groups excluding carboxylic acids is 1. The molecule has 20 heavy (non-hydrogen) atoms. The lowest BCUT2D eigenvalue weighted by atomic mass is 9.89. The zero-order chi connectivity index (χ0) is 14.9. The van der Waals surface area contributed by atoms with Crippen molar-refractivity contribution in [2.24, 2.45) is 0 Å². The predicted octanol–water partition coefficient (Wildman–Crippen LogP) is 1.78. The molecular formula is C12H12F2N2O4. The van der Waals surface area contributed by atoms with Crippen LogP contribution < -0.4 is 5.32 Å². The lowest BCUT2D eigenvalue weighted by molar-refractivity contribution is -0.385. The molecule has 8 heteroatoms. The minimum absolute atomic E-state index is 0.0419. The summed E-state index contributed by atoms with van der Waals surface area (Å²) >= 11 is 0. The van der Waals surface area contributed by atoms with Gasteiger partial charge in [-0.1, -0.05) is 0 Å². The molecule has 1 aliphatic carbocycles. The standard InChI is InChI=1S/C12H12F2N2O4/c1-20-7-2-6(3-7)15-12(17)8-4-9(13)10(14)5-11(8)16(18)19/h4-7H,2-3H2,1H3,(H,15,17). The zero-order valence-electron chi connectivity index (χ0n) is 10.6. The van der Waals surface area contributed by atoms with Gasteiger partial charge in [0.1, 0.15) is 5.56 Å². The van der Waals surface area contributed by atoms with Crippen LogP contribution in [-0.2, 0) is 4.74 Å². The molecule has 0 aromatic heterocycles. The van der Waals surface area contributed by atoms with E-state index in [4.69, 9.17) is 4.74 Å². The molecule has 0 spiro atoms. The number of ether oxygens (including phenoxy) is 1. The first-order chi connectivity index (χ1) is 9.42. The third-order valence-electron chi connectivity index (χ3n) is 3.24. The van der Waals surface area contributed by atoms with Crippen molar-refractivity contribution >= 4 is 11.6 Å². The second-order valence-corrected chi connectivity index (χ2v) is 4.54. The zero-order valence-corrected chi connectivity index (χ0v) is 10.6. The maximum atomic E-state index is 13.1. The van der Waals surface area contributed by atoms with Gasteiger partial charge >= 0.3 is 0 Å². The van der Waals surface area contributed by atoms with Gasteiger partial charge in [-0.25, -0.2) is 8.78 Å². The van der Waals surface area contributed by atoms with Crippen LogP contribution in [0, 0.1) is 21.7 Å². The molecule has 0 unspecified atom stereocenters. The number of amides is 1. The predicted molar refractivity (Wildman–Crippen MR) is 64.3 cm³/mol. The van der Waals surface area contributed by atoms with Crippen molar-refractivity contribution in [3.05, 3.63) is 39.4 Å². The summed E-state index contributed by atoms with van der Waals surface area (Å²) in [5, 5.41) is 13.3. The number of hydrogen-bond acceptors (Lipinski definition) is 4. The number of benzene rings is 1. The van der Waals surface area contributed by atoms with Crippen molar-refractivity contribution in [2.75, 3.05) is 7.11 Å². The van der Waals surface area contributed by atoms with Crippen molar-refractivity contribution in [3.63, 3.8) is 0 Å². The number of halogens is 2. The molecule has 2 rings (SSSR count). The van der Waals surface area contributed by atoms with Gasteiger partial charge in [-0.15, -0.1) is 0 Å². The Kier molecular flexibility index (Phi) is 3.93. The molecule has 1 aromatic rings. The van der Waals surface area contributed by atoms with Crippen molar-refractivity contribution in [1.29, 1.82) is 0 Å². The Morgan fingerprint density at radius 3 is 2.55 bits per heavy atom. The maximum absolute atomic E-state index is 13.1. The van der Waals surface area contributed by atoms with E-state index in [2.05, 4.69) is 5.32 Å². The number of hydrogen-bond donors (Lipinski definition) is 1. The maximum Gasteiger partial charge on any atom is 0.285 e. The Hall–Kier alpha value is -2.09. The van der Waals surface area contributed by atoms with E-state index in [1.807, 2.05) is 0 Å².